The number of halogens is 1. The highest BCUT2D eigenvalue weighted by molar-refractivity contribution is 14.0. The van der Waals surface area contributed by atoms with Crippen LogP contribution in [0.1, 0.15) is 72.0 Å². The summed E-state index contributed by atoms with van der Waals surface area (Å²) >= 11 is 0. The van der Waals surface area contributed by atoms with Gasteiger partial charge in [-0.1, -0.05) is 32.3 Å². The standard InChI is InChI=1S/C19H33N5O2.HI/c1-6-20-17(21-12-15-23-16(26-24-15)18(3,4)5)22-13-11-14(25-7-2)19(13)9-8-10-19;/h13-14H,6-12H2,1-5H3,(H2,20,21,22);1H. The lowest BCUT2D eigenvalue weighted by Gasteiger charge is -2.61. The Morgan fingerprint density at radius 2 is 2.07 bits per heavy atom. The Balaban J connectivity index is 0.00000261. The van der Waals surface area contributed by atoms with Crippen molar-refractivity contribution in [3.05, 3.63) is 11.7 Å². The smallest absolute Gasteiger partial charge is 0.232 e. The number of guanidine groups is 1. The predicted octanol–water partition coefficient (Wildman–Crippen LogP) is 3.39. The zero-order valence-electron chi connectivity index (χ0n) is 17.2. The lowest BCUT2D eigenvalue weighted by Crippen LogP contribution is -2.68. The van der Waals surface area contributed by atoms with Crippen LogP contribution in [0.4, 0.5) is 0 Å². The minimum Gasteiger partial charge on any atom is -0.378 e. The van der Waals surface area contributed by atoms with Crippen LogP contribution in [0.2, 0.25) is 0 Å². The van der Waals surface area contributed by atoms with Crippen LogP contribution in [-0.4, -0.2) is 41.4 Å². The summed E-state index contributed by atoms with van der Waals surface area (Å²) in [6.45, 7) is 12.3. The second-order valence-electron chi connectivity index (χ2n) is 8.42. The third kappa shape index (κ3) is 4.75. The van der Waals surface area contributed by atoms with Gasteiger partial charge in [-0.3, -0.25) is 0 Å². The molecule has 0 radical (unpaired) electrons. The number of ether oxygens (including phenoxy) is 1. The SMILES string of the molecule is CCNC(=NCc1noc(C(C)(C)C)n1)NC1CC(OCC)C12CCC2.I. The molecule has 0 amide bonds. The normalized spacial score (nSPS) is 24.0. The summed E-state index contributed by atoms with van der Waals surface area (Å²) in [5.74, 6) is 2.08. The van der Waals surface area contributed by atoms with Gasteiger partial charge in [0, 0.05) is 30.0 Å². The number of aliphatic imine (C=N–C) groups is 1. The molecule has 0 aliphatic heterocycles. The minimum atomic E-state index is -0.144. The number of hydrogen-bond donors (Lipinski definition) is 2. The van der Waals surface area contributed by atoms with Crippen molar-refractivity contribution >= 4 is 29.9 Å². The molecule has 2 unspecified atom stereocenters. The van der Waals surface area contributed by atoms with Crippen LogP contribution in [0.15, 0.2) is 9.52 Å². The fourth-order valence-corrected chi connectivity index (χ4v) is 3.90. The van der Waals surface area contributed by atoms with E-state index in [2.05, 4.69) is 60.4 Å². The van der Waals surface area contributed by atoms with E-state index in [4.69, 9.17) is 9.26 Å². The van der Waals surface area contributed by atoms with Gasteiger partial charge in [0.05, 0.1) is 6.10 Å². The van der Waals surface area contributed by atoms with Crippen molar-refractivity contribution in [3.63, 3.8) is 0 Å². The Labute approximate surface area is 179 Å². The zero-order valence-corrected chi connectivity index (χ0v) is 19.5. The van der Waals surface area contributed by atoms with E-state index >= 15 is 0 Å². The van der Waals surface area contributed by atoms with Crippen molar-refractivity contribution in [1.82, 2.24) is 20.8 Å². The second-order valence-corrected chi connectivity index (χ2v) is 8.42. The number of nitrogens with one attached hydrogen (secondary N) is 2. The Bertz CT molecular complexity index is 636. The molecule has 154 valence electrons. The van der Waals surface area contributed by atoms with Gasteiger partial charge in [0.2, 0.25) is 5.89 Å². The molecule has 7 nitrogen and oxygen atoms in total. The minimum absolute atomic E-state index is 0. The topological polar surface area (TPSA) is 84.6 Å². The molecule has 0 aromatic carbocycles. The molecule has 2 saturated carbocycles. The number of rotatable bonds is 6. The molecule has 1 aromatic rings. The maximum Gasteiger partial charge on any atom is 0.232 e. The van der Waals surface area contributed by atoms with Gasteiger partial charge in [0.25, 0.3) is 0 Å². The van der Waals surface area contributed by atoms with Gasteiger partial charge in [-0.25, -0.2) is 4.99 Å². The molecule has 2 N–H and O–H groups in total. The molecule has 27 heavy (non-hydrogen) atoms. The lowest BCUT2D eigenvalue weighted by molar-refractivity contribution is -0.168. The summed E-state index contributed by atoms with van der Waals surface area (Å²) in [4.78, 5) is 9.12. The monoisotopic (exact) mass is 491 g/mol. The third-order valence-electron chi connectivity index (χ3n) is 5.58. The number of nitrogens with zero attached hydrogens (tertiary/aromatic N) is 3. The van der Waals surface area contributed by atoms with Crippen molar-refractivity contribution in [3.8, 4) is 0 Å². The molecule has 8 heteroatoms. The molecule has 1 spiro atoms. The van der Waals surface area contributed by atoms with E-state index in [9.17, 15) is 0 Å². The average molecular weight is 491 g/mol. The first kappa shape index (κ1) is 22.4. The van der Waals surface area contributed by atoms with Crippen molar-refractivity contribution in [2.45, 2.75) is 84.4 Å². The molecular formula is C19H34IN5O2. The second kappa shape index (κ2) is 9.07. The molecule has 2 aliphatic carbocycles. The van der Waals surface area contributed by atoms with Crippen LogP contribution in [0.5, 0.6) is 0 Å². The van der Waals surface area contributed by atoms with Gasteiger partial charge < -0.3 is 19.9 Å². The van der Waals surface area contributed by atoms with E-state index in [0.29, 0.717) is 35.8 Å². The van der Waals surface area contributed by atoms with Crippen molar-refractivity contribution < 1.29 is 9.26 Å². The molecule has 2 atom stereocenters. The molecule has 0 bridgehead atoms. The van der Waals surface area contributed by atoms with Gasteiger partial charge in [-0.05, 0) is 33.1 Å². The predicted molar refractivity (Wildman–Crippen MR) is 116 cm³/mol. The Kier molecular flexibility index (Phi) is 7.52. The van der Waals surface area contributed by atoms with Gasteiger partial charge >= 0.3 is 0 Å². The lowest BCUT2D eigenvalue weighted by atomic mass is 9.51. The highest BCUT2D eigenvalue weighted by Crippen LogP contribution is 2.57. The van der Waals surface area contributed by atoms with Gasteiger partial charge in [-0.2, -0.15) is 4.98 Å². The van der Waals surface area contributed by atoms with E-state index in [1.165, 1.54) is 19.3 Å². The fourth-order valence-electron chi connectivity index (χ4n) is 3.90. The van der Waals surface area contributed by atoms with Crippen LogP contribution in [0.25, 0.3) is 0 Å². The van der Waals surface area contributed by atoms with E-state index in [1.807, 2.05) is 0 Å². The fraction of sp³-hybridized carbons (Fsp3) is 0.842. The first-order valence-electron chi connectivity index (χ1n) is 9.88. The quantitative estimate of drug-likeness (QED) is 0.361. The molecule has 3 rings (SSSR count). The highest BCUT2D eigenvalue weighted by atomic mass is 127. The average Bonchev–Trinajstić information content (AvgIpc) is 2.99. The Morgan fingerprint density at radius 3 is 2.59 bits per heavy atom. The van der Waals surface area contributed by atoms with Crippen LogP contribution < -0.4 is 10.6 Å². The van der Waals surface area contributed by atoms with Crippen LogP contribution in [0, 0.1) is 5.41 Å². The van der Waals surface area contributed by atoms with Gasteiger partial charge in [0.1, 0.15) is 6.54 Å². The molecule has 2 aliphatic rings. The van der Waals surface area contributed by atoms with Crippen LogP contribution >= 0.6 is 24.0 Å². The first-order valence-corrected chi connectivity index (χ1v) is 9.88. The maximum atomic E-state index is 5.94. The molecule has 1 heterocycles. The summed E-state index contributed by atoms with van der Waals surface area (Å²) < 4.78 is 11.3. The molecule has 1 aromatic heterocycles. The van der Waals surface area contributed by atoms with Gasteiger partial charge in [-0.15, -0.1) is 24.0 Å². The van der Waals surface area contributed by atoms with E-state index in [0.717, 1.165) is 25.5 Å². The number of aromatic nitrogens is 2. The summed E-state index contributed by atoms with van der Waals surface area (Å²) in [6, 6.07) is 0.431. The van der Waals surface area contributed by atoms with Crippen molar-refractivity contribution in [2.75, 3.05) is 13.2 Å². The largest absolute Gasteiger partial charge is 0.378 e. The number of hydrogen-bond acceptors (Lipinski definition) is 5. The molecule has 0 saturated heterocycles. The van der Waals surface area contributed by atoms with Gasteiger partial charge in [0.15, 0.2) is 11.8 Å². The van der Waals surface area contributed by atoms with Crippen LogP contribution in [0.3, 0.4) is 0 Å². The Morgan fingerprint density at radius 1 is 1.33 bits per heavy atom. The summed E-state index contributed by atoms with van der Waals surface area (Å²) in [6.07, 6.45) is 5.24. The highest BCUT2D eigenvalue weighted by Gasteiger charge is 2.59. The summed E-state index contributed by atoms with van der Waals surface area (Å²) in [5.41, 5.74) is 0.159. The van der Waals surface area contributed by atoms with Crippen molar-refractivity contribution in [1.29, 1.82) is 0 Å². The maximum absolute atomic E-state index is 5.94. The molecule has 2 fully saturated rings. The molecular weight excluding hydrogens is 457 g/mol. The van der Waals surface area contributed by atoms with Crippen molar-refractivity contribution in [2.24, 2.45) is 10.4 Å². The Hall–Kier alpha value is -0.900. The van der Waals surface area contributed by atoms with E-state index < -0.39 is 0 Å². The van der Waals surface area contributed by atoms with E-state index in [1.54, 1.807) is 0 Å². The first-order chi connectivity index (χ1) is 12.4. The third-order valence-corrected chi connectivity index (χ3v) is 5.58. The summed E-state index contributed by atoms with van der Waals surface area (Å²) in [5, 5.41) is 11.0. The van der Waals surface area contributed by atoms with Crippen LogP contribution in [-0.2, 0) is 16.7 Å². The zero-order chi connectivity index (χ0) is 18.8. The van der Waals surface area contributed by atoms with E-state index in [-0.39, 0.29) is 29.4 Å². The summed E-state index contributed by atoms with van der Waals surface area (Å²) in [7, 11) is 0.